The van der Waals surface area contributed by atoms with Crippen molar-refractivity contribution in [3.8, 4) is 0 Å². The zero-order valence-corrected chi connectivity index (χ0v) is 9.69. The second-order valence-electron chi connectivity index (χ2n) is 3.15. The Labute approximate surface area is 89.9 Å². The van der Waals surface area contributed by atoms with Crippen LogP contribution in [0.25, 0.3) is 4.91 Å². The lowest BCUT2D eigenvalue weighted by molar-refractivity contribution is 1.34. The number of hydrogen-bond acceptors (Lipinski definition) is 2. The Bertz CT molecular complexity index is 366. The van der Waals surface area contributed by atoms with Crippen LogP contribution in [0.2, 0.25) is 0 Å². The molecule has 1 aromatic rings. The Morgan fingerprint density at radius 1 is 1.43 bits per heavy atom. The standard InChI is InChI=1S/C12H15NS/c1-9-6-5-7-11(8-9)12(14-4)10(2)13-3/h5-8H,3H2,1-2,4H3/b12-10-. The Kier molecular flexibility index (Phi) is 3.96. The number of allylic oxidation sites excluding steroid dienone is 1. The third kappa shape index (κ3) is 2.48. The van der Waals surface area contributed by atoms with Gasteiger partial charge in [-0.25, -0.2) is 0 Å². The van der Waals surface area contributed by atoms with Gasteiger partial charge in [0, 0.05) is 4.91 Å². The second-order valence-corrected chi connectivity index (χ2v) is 3.96. The third-order valence-corrected chi connectivity index (χ3v) is 2.99. The molecule has 0 aliphatic rings. The fourth-order valence-electron chi connectivity index (χ4n) is 1.33. The predicted molar refractivity (Wildman–Crippen MR) is 66.8 cm³/mol. The van der Waals surface area contributed by atoms with Gasteiger partial charge in [-0.05, 0) is 32.4 Å². The van der Waals surface area contributed by atoms with Crippen LogP contribution in [0.5, 0.6) is 0 Å². The van der Waals surface area contributed by atoms with Crippen LogP contribution in [-0.4, -0.2) is 13.0 Å². The maximum Gasteiger partial charge on any atom is 0.0506 e. The SMILES string of the molecule is C=N/C(C)=C(\SC)c1cccc(C)c1. The summed E-state index contributed by atoms with van der Waals surface area (Å²) in [6.45, 7) is 7.64. The van der Waals surface area contributed by atoms with E-state index in [2.05, 4.69) is 49.2 Å². The van der Waals surface area contributed by atoms with Crippen LogP contribution < -0.4 is 0 Å². The van der Waals surface area contributed by atoms with Crippen molar-refractivity contribution < 1.29 is 0 Å². The minimum absolute atomic E-state index is 0.989. The first kappa shape index (κ1) is 11.1. The third-order valence-electron chi connectivity index (χ3n) is 2.05. The van der Waals surface area contributed by atoms with E-state index in [1.807, 2.05) is 6.92 Å². The van der Waals surface area contributed by atoms with Crippen LogP contribution in [0, 0.1) is 6.92 Å². The summed E-state index contributed by atoms with van der Waals surface area (Å²) >= 11 is 1.71. The molecule has 0 spiro atoms. The maximum absolute atomic E-state index is 3.97. The number of aryl methyl sites for hydroxylation is 1. The van der Waals surface area contributed by atoms with Crippen molar-refractivity contribution in [2.45, 2.75) is 13.8 Å². The topological polar surface area (TPSA) is 12.4 Å². The van der Waals surface area contributed by atoms with Crippen molar-refractivity contribution >= 4 is 23.4 Å². The molecular formula is C12H15NS. The van der Waals surface area contributed by atoms with Crippen LogP contribution in [-0.2, 0) is 0 Å². The quantitative estimate of drug-likeness (QED) is 0.685. The van der Waals surface area contributed by atoms with Gasteiger partial charge in [-0.1, -0.05) is 29.8 Å². The molecule has 0 amide bonds. The van der Waals surface area contributed by atoms with Gasteiger partial charge in [0.15, 0.2) is 0 Å². The average Bonchev–Trinajstić information content (AvgIpc) is 2.19. The molecule has 0 radical (unpaired) electrons. The van der Waals surface area contributed by atoms with E-state index in [0.29, 0.717) is 0 Å². The van der Waals surface area contributed by atoms with Gasteiger partial charge in [0.05, 0.1) is 5.70 Å². The number of thioether (sulfide) groups is 1. The fourth-order valence-corrected chi connectivity index (χ4v) is 2.06. The Morgan fingerprint density at radius 2 is 2.14 bits per heavy atom. The number of hydrogen-bond donors (Lipinski definition) is 0. The van der Waals surface area contributed by atoms with Crippen LogP contribution in [0.4, 0.5) is 0 Å². The van der Waals surface area contributed by atoms with E-state index in [1.165, 1.54) is 16.0 Å². The largest absolute Gasteiger partial charge is 0.268 e. The minimum Gasteiger partial charge on any atom is -0.268 e. The molecular weight excluding hydrogens is 190 g/mol. The van der Waals surface area contributed by atoms with Crippen LogP contribution >= 0.6 is 11.8 Å². The van der Waals surface area contributed by atoms with E-state index in [9.17, 15) is 0 Å². The van der Waals surface area contributed by atoms with Gasteiger partial charge >= 0.3 is 0 Å². The van der Waals surface area contributed by atoms with E-state index >= 15 is 0 Å². The average molecular weight is 205 g/mol. The summed E-state index contributed by atoms with van der Waals surface area (Å²) in [5.74, 6) is 0. The highest BCUT2D eigenvalue weighted by Gasteiger charge is 2.03. The molecule has 0 saturated heterocycles. The van der Waals surface area contributed by atoms with Crippen molar-refractivity contribution in [3.05, 3.63) is 41.1 Å². The number of nitrogens with zero attached hydrogens (tertiary/aromatic N) is 1. The molecule has 0 aliphatic heterocycles. The van der Waals surface area contributed by atoms with Crippen LogP contribution in [0.3, 0.4) is 0 Å². The predicted octanol–water partition coefficient (Wildman–Crippen LogP) is 3.75. The van der Waals surface area contributed by atoms with Crippen molar-refractivity contribution in [2.24, 2.45) is 4.99 Å². The van der Waals surface area contributed by atoms with Gasteiger partial charge in [-0.2, -0.15) is 0 Å². The lowest BCUT2D eigenvalue weighted by atomic mass is 10.1. The molecule has 0 aliphatic carbocycles. The lowest BCUT2D eigenvalue weighted by Gasteiger charge is -2.07. The van der Waals surface area contributed by atoms with E-state index in [1.54, 1.807) is 11.8 Å². The molecule has 14 heavy (non-hydrogen) atoms. The highest BCUT2D eigenvalue weighted by molar-refractivity contribution is 8.07. The number of benzene rings is 1. The molecule has 0 bridgehead atoms. The first-order chi connectivity index (χ1) is 6.69. The monoisotopic (exact) mass is 205 g/mol. The molecule has 0 unspecified atom stereocenters. The van der Waals surface area contributed by atoms with Gasteiger partial charge in [0.25, 0.3) is 0 Å². The smallest absolute Gasteiger partial charge is 0.0506 e. The van der Waals surface area contributed by atoms with Crippen molar-refractivity contribution in [1.29, 1.82) is 0 Å². The first-order valence-corrected chi connectivity index (χ1v) is 5.70. The van der Waals surface area contributed by atoms with E-state index < -0.39 is 0 Å². The summed E-state index contributed by atoms with van der Waals surface area (Å²) in [5, 5.41) is 0. The summed E-state index contributed by atoms with van der Waals surface area (Å²) in [7, 11) is 0. The molecule has 2 heteroatoms. The van der Waals surface area contributed by atoms with Gasteiger partial charge in [0.1, 0.15) is 0 Å². The normalized spacial score (nSPS) is 12.2. The maximum atomic E-state index is 3.97. The molecule has 0 saturated carbocycles. The Morgan fingerprint density at radius 3 is 2.64 bits per heavy atom. The van der Waals surface area contributed by atoms with E-state index in [0.717, 1.165) is 5.70 Å². The molecule has 0 aromatic heterocycles. The first-order valence-electron chi connectivity index (χ1n) is 4.47. The molecule has 0 heterocycles. The Balaban J connectivity index is 3.20. The van der Waals surface area contributed by atoms with E-state index in [4.69, 9.17) is 0 Å². The van der Waals surface area contributed by atoms with Gasteiger partial charge in [0.2, 0.25) is 0 Å². The fraction of sp³-hybridized carbons (Fsp3) is 0.250. The van der Waals surface area contributed by atoms with Crippen LogP contribution in [0.1, 0.15) is 18.1 Å². The number of aliphatic imine (C=N–C) groups is 1. The summed E-state index contributed by atoms with van der Waals surface area (Å²) in [6, 6.07) is 8.43. The molecule has 74 valence electrons. The highest BCUT2D eigenvalue weighted by atomic mass is 32.2. The molecule has 1 rings (SSSR count). The highest BCUT2D eigenvalue weighted by Crippen LogP contribution is 2.29. The number of rotatable bonds is 3. The summed E-state index contributed by atoms with van der Waals surface area (Å²) < 4.78 is 0. The van der Waals surface area contributed by atoms with Gasteiger partial charge < -0.3 is 0 Å². The molecule has 0 N–H and O–H groups in total. The van der Waals surface area contributed by atoms with Crippen molar-refractivity contribution in [3.63, 3.8) is 0 Å². The molecule has 0 fully saturated rings. The van der Waals surface area contributed by atoms with Gasteiger partial charge in [-0.3, -0.25) is 4.99 Å². The minimum atomic E-state index is 0.989. The van der Waals surface area contributed by atoms with Crippen molar-refractivity contribution in [2.75, 3.05) is 6.26 Å². The summed E-state index contributed by atoms with van der Waals surface area (Å²) in [4.78, 5) is 5.17. The van der Waals surface area contributed by atoms with E-state index in [-0.39, 0.29) is 0 Å². The summed E-state index contributed by atoms with van der Waals surface area (Å²) in [6.07, 6.45) is 2.06. The molecule has 0 atom stereocenters. The zero-order chi connectivity index (χ0) is 10.6. The zero-order valence-electron chi connectivity index (χ0n) is 8.87. The molecule has 1 aromatic carbocycles. The van der Waals surface area contributed by atoms with Crippen molar-refractivity contribution in [1.82, 2.24) is 0 Å². The van der Waals surface area contributed by atoms with Gasteiger partial charge in [-0.15, -0.1) is 11.8 Å². The van der Waals surface area contributed by atoms with Crippen LogP contribution in [0.15, 0.2) is 35.0 Å². The lowest BCUT2D eigenvalue weighted by Crippen LogP contribution is -1.84. The molecule has 1 nitrogen and oxygen atoms in total. The second kappa shape index (κ2) is 5.01. The Hall–Kier alpha value is -1.02. The summed E-state index contributed by atoms with van der Waals surface area (Å²) in [5.41, 5.74) is 3.48.